The number of likely N-dealkylation sites (tertiary alicyclic amines) is 1. The van der Waals surface area contributed by atoms with Crippen LogP contribution < -0.4 is 4.74 Å². The average molecular weight is 309 g/mol. The molecular weight excluding hydrogens is 290 g/mol. The zero-order valence-electron chi connectivity index (χ0n) is 13.0. The largest absolute Gasteiger partial charge is 0.497 e. The Kier molecular flexibility index (Phi) is 3.63. The van der Waals surface area contributed by atoms with Gasteiger partial charge in [-0.25, -0.2) is 0 Å². The first-order valence-corrected chi connectivity index (χ1v) is 7.80. The summed E-state index contributed by atoms with van der Waals surface area (Å²) in [5.74, 6) is 2.71. The molecule has 0 aliphatic carbocycles. The first-order chi connectivity index (χ1) is 11.3. The minimum atomic E-state index is 0.436. The normalized spacial score (nSPS) is 17.9. The molecule has 0 spiro atoms. The Hall–Kier alpha value is -2.53. The molecule has 1 aromatic carbocycles. The second-order valence-electron chi connectivity index (χ2n) is 5.79. The molecule has 0 radical (unpaired) electrons. The third kappa shape index (κ3) is 2.75. The second-order valence-corrected chi connectivity index (χ2v) is 5.79. The summed E-state index contributed by atoms with van der Waals surface area (Å²) in [6.07, 6.45) is 2.90. The molecule has 1 aliphatic heterocycles. The number of ether oxygens (including phenoxy) is 1. The molecule has 118 valence electrons. The fourth-order valence-electron chi connectivity index (χ4n) is 3.06. The molecule has 23 heavy (non-hydrogen) atoms. The van der Waals surface area contributed by atoms with Crippen LogP contribution in [0.3, 0.4) is 0 Å². The molecule has 1 fully saturated rings. The number of aromatic amines is 1. The van der Waals surface area contributed by atoms with Gasteiger partial charge in [-0.1, -0.05) is 12.1 Å². The molecule has 1 aliphatic rings. The second kappa shape index (κ2) is 5.93. The highest BCUT2D eigenvalue weighted by atomic mass is 16.5. The predicted molar refractivity (Wildman–Crippen MR) is 87.1 cm³/mol. The van der Waals surface area contributed by atoms with Gasteiger partial charge < -0.3 is 9.15 Å². The van der Waals surface area contributed by atoms with E-state index in [1.54, 1.807) is 13.3 Å². The standard InChI is InChI=1S/C18H19N3O2/c1-22-14-4-2-3-13(11-14)17-8-10-21(17)12-15-5-6-18(23-15)16-7-9-19-20-16/h2-7,9,11,17H,8,10,12H2,1H3,(H,19,20)/t17-/m0/s1. The lowest BCUT2D eigenvalue weighted by atomic mass is 9.94. The minimum Gasteiger partial charge on any atom is -0.497 e. The molecule has 0 unspecified atom stereocenters. The topological polar surface area (TPSA) is 54.3 Å². The smallest absolute Gasteiger partial charge is 0.152 e. The number of hydrogen-bond acceptors (Lipinski definition) is 4. The molecule has 0 saturated carbocycles. The molecule has 1 atom stereocenters. The van der Waals surface area contributed by atoms with E-state index in [0.29, 0.717) is 6.04 Å². The van der Waals surface area contributed by atoms with Crippen LogP contribution in [0.4, 0.5) is 0 Å². The van der Waals surface area contributed by atoms with Crippen LogP contribution in [0.15, 0.2) is 53.1 Å². The van der Waals surface area contributed by atoms with Gasteiger partial charge in [0.05, 0.1) is 13.7 Å². The van der Waals surface area contributed by atoms with E-state index in [-0.39, 0.29) is 0 Å². The molecule has 3 aromatic rings. The zero-order valence-corrected chi connectivity index (χ0v) is 13.0. The van der Waals surface area contributed by atoms with E-state index in [0.717, 1.165) is 36.1 Å². The van der Waals surface area contributed by atoms with Gasteiger partial charge in [-0.05, 0) is 42.3 Å². The molecule has 0 amide bonds. The molecule has 3 heterocycles. The van der Waals surface area contributed by atoms with Crippen LogP contribution in [0.25, 0.3) is 11.5 Å². The Morgan fingerprint density at radius 1 is 1.30 bits per heavy atom. The SMILES string of the molecule is COc1cccc([C@@H]2CCN2Cc2ccc(-c3ccn[nH]3)o2)c1. The van der Waals surface area contributed by atoms with Gasteiger partial charge in [0.25, 0.3) is 0 Å². The number of rotatable bonds is 5. The van der Waals surface area contributed by atoms with E-state index in [2.05, 4.69) is 27.2 Å². The third-order valence-corrected chi connectivity index (χ3v) is 4.40. The van der Waals surface area contributed by atoms with Crippen molar-refractivity contribution in [3.05, 3.63) is 60.0 Å². The fraction of sp³-hybridized carbons (Fsp3) is 0.278. The Balaban J connectivity index is 1.47. The van der Waals surface area contributed by atoms with E-state index in [9.17, 15) is 0 Å². The third-order valence-electron chi connectivity index (χ3n) is 4.40. The van der Waals surface area contributed by atoms with Gasteiger partial charge in [0, 0.05) is 18.8 Å². The summed E-state index contributed by atoms with van der Waals surface area (Å²) in [4.78, 5) is 2.42. The lowest BCUT2D eigenvalue weighted by Crippen LogP contribution is -2.40. The van der Waals surface area contributed by atoms with Gasteiger partial charge in [-0.2, -0.15) is 5.10 Å². The van der Waals surface area contributed by atoms with Crippen molar-refractivity contribution in [1.82, 2.24) is 15.1 Å². The van der Waals surface area contributed by atoms with Gasteiger partial charge in [-0.3, -0.25) is 10.00 Å². The van der Waals surface area contributed by atoms with Gasteiger partial charge in [-0.15, -0.1) is 0 Å². The van der Waals surface area contributed by atoms with Gasteiger partial charge in [0.15, 0.2) is 5.76 Å². The van der Waals surface area contributed by atoms with Crippen molar-refractivity contribution >= 4 is 0 Å². The Labute approximate surface area is 134 Å². The molecular formula is C18H19N3O2. The van der Waals surface area contributed by atoms with Gasteiger partial charge >= 0.3 is 0 Å². The summed E-state index contributed by atoms with van der Waals surface area (Å²) in [5, 5.41) is 6.88. The molecule has 2 aromatic heterocycles. The summed E-state index contributed by atoms with van der Waals surface area (Å²) < 4.78 is 11.3. The van der Waals surface area contributed by atoms with E-state index in [4.69, 9.17) is 9.15 Å². The first-order valence-electron chi connectivity index (χ1n) is 7.80. The number of nitrogens with zero attached hydrogens (tertiary/aromatic N) is 2. The molecule has 4 rings (SSSR count). The number of H-pyrrole nitrogens is 1. The van der Waals surface area contributed by atoms with Crippen molar-refractivity contribution in [1.29, 1.82) is 0 Å². The summed E-state index contributed by atoms with van der Waals surface area (Å²) in [6, 6.07) is 14.7. The molecule has 5 heteroatoms. The predicted octanol–water partition coefficient (Wildman–Crippen LogP) is 3.63. The lowest BCUT2D eigenvalue weighted by Gasteiger charge is -2.40. The van der Waals surface area contributed by atoms with Crippen LogP contribution in [-0.2, 0) is 6.54 Å². The van der Waals surface area contributed by atoms with Crippen LogP contribution in [-0.4, -0.2) is 28.8 Å². The zero-order chi connectivity index (χ0) is 15.6. The van der Waals surface area contributed by atoms with E-state index >= 15 is 0 Å². The van der Waals surface area contributed by atoms with Crippen molar-refractivity contribution in [3.8, 4) is 17.2 Å². The fourth-order valence-corrected chi connectivity index (χ4v) is 3.06. The highest BCUT2D eigenvalue weighted by Crippen LogP contribution is 2.36. The summed E-state index contributed by atoms with van der Waals surface area (Å²) in [5.41, 5.74) is 2.21. The van der Waals surface area contributed by atoms with Crippen molar-refractivity contribution in [3.63, 3.8) is 0 Å². The molecule has 1 N–H and O–H groups in total. The Bertz CT molecular complexity index is 779. The number of furan rings is 1. The Morgan fingerprint density at radius 2 is 2.26 bits per heavy atom. The van der Waals surface area contributed by atoms with Crippen molar-refractivity contribution in [2.45, 2.75) is 19.0 Å². The van der Waals surface area contributed by atoms with Crippen molar-refractivity contribution < 1.29 is 9.15 Å². The van der Waals surface area contributed by atoms with Crippen molar-refractivity contribution in [2.75, 3.05) is 13.7 Å². The van der Waals surface area contributed by atoms with Crippen LogP contribution in [0, 0.1) is 0 Å². The number of benzene rings is 1. The summed E-state index contributed by atoms with van der Waals surface area (Å²) in [7, 11) is 1.71. The van der Waals surface area contributed by atoms with Crippen LogP contribution in [0.1, 0.15) is 23.8 Å². The summed E-state index contributed by atoms with van der Waals surface area (Å²) >= 11 is 0. The van der Waals surface area contributed by atoms with E-state index in [1.165, 1.54) is 12.0 Å². The van der Waals surface area contributed by atoms with Crippen molar-refractivity contribution in [2.24, 2.45) is 0 Å². The highest BCUT2D eigenvalue weighted by molar-refractivity contribution is 5.51. The van der Waals surface area contributed by atoms with Crippen LogP contribution in [0.5, 0.6) is 5.75 Å². The maximum absolute atomic E-state index is 5.93. The monoisotopic (exact) mass is 309 g/mol. The van der Waals surface area contributed by atoms with E-state index in [1.807, 2.05) is 30.3 Å². The summed E-state index contributed by atoms with van der Waals surface area (Å²) in [6.45, 7) is 1.90. The maximum atomic E-state index is 5.93. The lowest BCUT2D eigenvalue weighted by molar-refractivity contribution is 0.0738. The number of aromatic nitrogens is 2. The average Bonchev–Trinajstić information content (AvgIpc) is 3.23. The maximum Gasteiger partial charge on any atom is 0.152 e. The van der Waals surface area contributed by atoms with E-state index < -0.39 is 0 Å². The van der Waals surface area contributed by atoms with Crippen LogP contribution in [0.2, 0.25) is 0 Å². The highest BCUT2D eigenvalue weighted by Gasteiger charge is 2.30. The number of hydrogen-bond donors (Lipinski definition) is 1. The van der Waals surface area contributed by atoms with Gasteiger partial charge in [0.1, 0.15) is 17.2 Å². The van der Waals surface area contributed by atoms with Gasteiger partial charge in [0.2, 0.25) is 0 Å². The molecule has 1 saturated heterocycles. The quantitative estimate of drug-likeness (QED) is 0.782. The first kappa shape index (κ1) is 14.1. The Morgan fingerprint density at radius 3 is 3.00 bits per heavy atom. The number of nitrogens with one attached hydrogen (secondary N) is 1. The number of methoxy groups -OCH3 is 1. The van der Waals surface area contributed by atoms with Crippen LogP contribution >= 0.6 is 0 Å². The molecule has 5 nitrogen and oxygen atoms in total. The minimum absolute atomic E-state index is 0.436. The molecule has 0 bridgehead atoms.